The Labute approximate surface area is 251 Å². The van der Waals surface area contributed by atoms with Crippen molar-refractivity contribution in [2.24, 2.45) is 0 Å². The lowest BCUT2D eigenvalue weighted by atomic mass is 10.2. The van der Waals surface area contributed by atoms with Gasteiger partial charge in [0.2, 0.25) is 15.9 Å². The maximum Gasteiger partial charge on any atom is 0.251 e. The Morgan fingerprint density at radius 2 is 1.79 bits per heavy atom. The van der Waals surface area contributed by atoms with Crippen LogP contribution in [0.3, 0.4) is 0 Å². The molecule has 5 rings (SSSR count). The van der Waals surface area contributed by atoms with Gasteiger partial charge in [0.15, 0.2) is 16.1 Å². The molecule has 0 atom stereocenters. The Bertz CT molecular complexity index is 1620. The zero-order chi connectivity index (χ0) is 29.5. The summed E-state index contributed by atoms with van der Waals surface area (Å²) in [6, 6.07) is 13.2. The van der Waals surface area contributed by atoms with Crippen molar-refractivity contribution in [3.63, 3.8) is 0 Å². The third kappa shape index (κ3) is 6.98. The first-order chi connectivity index (χ1) is 20.3. The molecule has 0 bridgehead atoms. The van der Waals surface area contributed by atoms with Crippen molar-refractivity contribution in [3.8, 4) is 11.4 Å². The van der Waals surface area contributed by atoms with Crippen LogP contribution in [0.25, 0.3) is 5.69 Å². The van der Waals surface area contributed by atoms with Crippen LogP contribution in [0.1, 0.15) is 35.9 Å². The highest BCUT2D eigenvalue weighted by Gasteiger charge is 2.27. The van der Waals surface area contributed by atoms with Gasteiger partial charge in [0.05, 0.1) is 23.8 Å². The van der Waals surface area contributed by atoms with E-state index in [-0.39, 0.29) is 23.1 Å². The molecule has 2 amide bonds. The molecular formula is C27H29N7O5S3. The number of amides is 2. The standard InChI is InChI=1S/C27H29N7O5S3/c1-2-39-21-9-7-20(8-10-21)34-23(31-32-27(34)41-18-24(35)30-26-28-13-16-40-26)17-29-25(36)19-5-11-22(12-6-19)42(37,38)33-14-3-4-15-33/h5-13,16H,2-4,14-15,17-18H2,1H3,(H,29,36)(H,28,30,35). The second kappa shape index (κ2) is 13.5. The molecule has 0 radical (unpaired) electrons. The van der Waals surface area contributed by atoms with E-state index in [0.717, 1.165) is 18.5 Å². The van der Waals surface area contributed by atoms with E-state index < -0.39 is 15.9 Å². The molecule has 3 heterocycles. The molecule has 1 aliphatic rings. The zero-order valence-electron chi connectivity index (χ0n) is 22.7. The van der Waals surface area contributed by atoms with Crippen molar-refractivity contribution >= 4 is 50.1 Å². The molecule has 2 aromatic carbocycles. The molecule has 0 aliphatic carbocycles. The van der Waals surface area contributed by atoms with Crippen molar-refractivity contribution in [3.05, 3.63) is 71.5 Å². The summed E-state index contributed by atoms with van der Waals surface area (Å²) in [6.07, 6.45) is 3.31. The van der Waals surface area contributed by atoms with Crippen molar-refractivity contribution in [2.45, 2.75) is 36.4 Å². The number of rotatable bonds is 12. The minimum Gasteiger partial charge on any atom is -0.494 e. The molecule has 2 aromatic heterocycles. The van der Waals surface area contributed by atoms with Gasteiger partial charge < -0.3 is 15.4 Å². The molecule has 4 aromatic rings. The van der Waals surface area contributed by atoms with Crippen LogP contribution in [-0.4, -0.2) is 69.7 Å². The highest BCUT2D eigenvalue weighted by Crippen LogP contribution is 2.25. The number of nitrogens with one attached hydrogen (secondary N) is 2. The van der Waals surface area contributed by atoms with E-state index in [4.69, 9.17) is 4.74 Å². The average Bonchev–Trinajstić information content (AvgIpc) is 3.79. The summed E-state index contributed by atoms with van der Waals surface area (Å²) in [4.78, 5) is 29.6. The van der Waals surface area contributed by atoms with Gasteiger partial charge >= 0.3 is 0 Å². The van der Waals surface area contributed by atoms with Crippen LogP contribution in [0.4, 0.5) is 5.13 Å². The van der Waals surface area contributed by atoms with Crippen LogP contribution < -0.4 is 15.4 Å². The normalized spacial score (nSPS) is 13.6. The number of carbonyl (C=O) groups is 2. The van der Waals surface area contributed by atoms with Gasteiger partial charge in [0, 0.05) is 35.9 Å². The van der Waals surface area contributed by atoms with E-state index >= 15 is 0 Å². The number of thioether (sulfide) groups is 1. The topological polar surface area (TPSA) is 148 Å². The largest absolute Gasteiger partial charge is 0.494 e. The number of hydrogen-bond donors (Lipinski definition) is 2. The first kappa shape index (κ1) is 29.7. The number of sulfonamides is 1. The Morgan fingerprint density at radius 3 is 2.45 bits per heavy atom. The molecular weight excluding hydrogens is 599 g/mol. The van der Waals surface area contributed by atoms with Crippen molar-refractivity contribution in [1.82, 2.24) is 29.4 Å². The van der Waals surface area contributed by atoms with Gasteiger partial charge in [-0.25, -0.2) is 13.4 Å². The van der Waals surface area contributed by atoms with E-state index in [1.54, 1.807) is 16.1 Å². The molecule has 2 N–H and O–H groups in total. The molecule has 220 valence electrons. The lowest BCUT2D eigenvalue weighted by Gasteiger charge is -2.15. The van der Waals surface area contributed by atoms with E-state index in [9.17, 15) is 18.0 Å². The minimum absolute atomic E-state index is 0.0404. The first-order valence-corrected chi connectivity index (χ1v) is 16.5. The molecule has 12 nitrogen and oxygen atoms in total. The highest BCUT2D eigenvalue weighted by atomic mass is 32.2. The summed E-state index contributed by atoms with van der Waals surface area (Å²) < 4.78 is 34.4. The van der Waals surface area contributed by atoms with Gasteiger partial charge in [-0.2, -0.15) is 4.31 Å². The predicted molar refractivity (Wildman–Crippen MR) is 160 cm³/mol. The van der Waals surface area contributed by atoms with Crippen LogP contribution >= 0.6 is 23.1 Å². The highest BCUT2D eigenvalue weighted by molar-refractivity contribution is 7.99. The fraction of sp³-hybridized carbons (Fsp3) is 0.296. The fourth-order valence-electron chi connectivity index (χ4n) is 4.31. The molecule has 0 saturated carbocycles. The number of aromatic nitrogens is 4. The molecule has 15 heteroatoms. The predicted octanol–water partition coefficient (Wildman–Crippen LogP) is 3.57. The molecule has 0 unspecified atom stereocenters. The van der Waals surface area contributed by atoms with E-state index in [2.05, 4.69) is 25.8 Å². The van der Waals surface area contributed by atoms with Crippen LogP contribution in [-0.2, 0) is 21.4 Å². The molecule has 1 aliphatic heterocycles. The van der Waals surface area contributed by atoms with Crippen molar-refractivity contribution in [1.29, 1.82) is 0 Å². The van der Waals surface area contributed by atoms with Gasteiger partial charge in [0.25, 0.3) is 5.91 Å². The zero-order valence-corrected chi connectivity index (χ0v) is 25.2. The van der Waals surface area contributed by atoms with E-state index in [1.807, 2.05) is 31.2 Å². The SMILES string of the molecule is CCOc1ccc(-n2c(CNC(=O)c3ccc(S(=O)(=O)N4CCCC4)cc3)nnc2SCC(=O)Nc2nccs2)cc1. The van der Waals surface area contributed by atoms with Gasteiger partial charge in [-0.05, 0) is 68.3 Å². The summed E-state index contributed by atoms with van der Waals surface area (Å²) in [5.74, 6) is 0.605. The number of hydrogen-bond acceptors (Lipinski definition) is 10. The minimum atomic E-state index is -3.57. The van der Waals surface area contributed by atoms with Gasteiger partial charge in [-0.3, -0.25) is 14.2 Å². The van der Waals surface area contributed by atoms with Crippen LogP contribution in [0.5, 0.6) is 5.75 Å². The van der Waals surface area contributed by atoms with Crippen LogP contribution in [0.2, 0.25) is 0 Å². The summed E-state index contributed by atoms with van der Waals surface area (Å²) in [5.41, 5.74) is 1.04. The Hall–Kier alpha value is -3.79. The summed E-state index contributed by atoms with van der Waals surface area (Å²) in [5, 5.41) is 16.9. The molecule has 1 fully saturated rings. The summed E-state index contributed by atoms with van der Waals surface area (Å²) in [6.45, 7) is 3.50. The molecule has 1 saturated heterocycles. The third-order valence-electron chi connectivity index (χ3n) is 6.34. The Balaban J connectivity index is 1.30. The monoisotopic (exact) mass is 627 g/mol. The summed E-state index contributed by atoms with van der Waals surface area (Å²) in [7, 11) is -3.57. The van der Waals surface area contributed by atoms with Crippen molar-refractivity contribution in [2.75, 3.05) is 30.8 Å². The number of benzene rings is 2. The number of ether oxygens (including phenoxy) is 1. The lowest BCUT2D eigenvalue weighted by Crippen LogP contribution is -2.28. The second-order valence-electron chi connectivity index (χ2n) is 9.15. The quantitative estimate of drug-likeness (QED) is 0.225. The van der Waals surface area contributed by atoms with Crippen molar-refractivity contribution < 1.29 is 22.7 Å². The Kier molecular flexibility index (Phi) is 9.51. The third-order valence-corrected chi connectivity index (χ3v) is 9.87. The smallest absolute Gasteiger partial charge is 0.251 e. The molecule has 42 heavy (non-hydrogen) atoms. The van der Waals surface area contributed by atoms with Crippen LogP contribution in [0.15, 0.2) is 70.2 Å². The number of carbonyl (C=O) groups excluding carboxylic acids is 2. The summed E-state index contributed by atoms with van der Waals surface area (Å²) >= 11 is 2.53. The number of nitrogens with zero attached hydrogens (tertiary/aromatic N) is 5. The van der Waals surface area contributed by atoms with Gasteiger partial charge in [-0.15, -0.1) is 21.5 Å². The fourth-order valence-corrected chi connectivity index (χ4v) is 7.15. The van der Waals surface area contributed by atoms with E-state index in [0.29, 0.717) is 47.1 Å². The number of anilines is 1. The maximum absolute atomic E-state index is 13.0. The Morgan fingerprint density at radius 1 is 1.05 bits per heavy atom. The molecule has 0 spiro atoms. The van der Waals surface area contributed by atoms with Crippen LogP contribution in [0, 0.1) is 0 Å². The average molecular weight is 628 g/mol. The van der Waals surface area contributed by atoms with Gasteiger partial charge in [-0.1, -0.05) is 11.8 Å². The first-order valence-electron chi connectivity index (χ1n) is 13.2. The van der Waals surface area contributed by atoms with Gasteiger partial charge in [0.1, 0.15) is 5.75 Å². The lowest BCUT2D eigenvalue weighted by molar-refractivity contribution is -0.113. The second-order valence-corrected chi connectivity index (χ2v) is 12.9. The van der Waals surface area contributed by atoms with E-state index in [1.165, 1.54) is 51.7 Å². The number of thiazole rings is 1. The maximum atomic E-state index is 13.0.